The number of rotatable bonds is 4. The summed E-state index contributed by atoms with van der Waals surface area (Å²) >= 11 is 0. The van der Waals surface area contributed by atoms with Crippen molar-refractivity contribution < 1.29 is 0 Å². The summed E-state index contributed by atoms with van der Waals surface area (Å²) in [6.45, 7) is 5.48. The van der Waals surface area contributed by atoms with Crippen molar-refractivity contribution in [2.75, 3.05) is 32.1 Å². The molecular formula is C15H25N3. The number of hydrogen-bond acceptors (Lipinski definition) is 3. The van der Waals surface area contributed by atoms with Crippen LogP contribution in [0.4, 0.5) is 5.69 Å². The van der Waals surface area contributed by atoms with Gasteiger partial charge in [-0.05, 0) is 51.9 Å². The van der Waals surface area contributed by atoms with Crippen LogP contribution in [0.5, 0.6) is 0 Å². The van der Waals surface area contributed by atoms with Crippen molar-refractivity contribution in [2.45, 2.75) is 39.2 Å². The normalized spacial score (nSPS) is 16.3. The highest BCUT2D eigenvalue weighted by Gasteiger charge is 2.16. The van der Waals surface area contributed by atoms with Crippen LogP contribution in [-0.4, -0.2) is 37.1 Å². The predicted molar refractivity (Wildman–Crippen MR) is 77.1 cm³/mol. The van der Waals surface area contributed by atoms with Crippen molar-refractivity contribution in [1.29, 1.82) is 0 Å². The fraction of sp³-hybridized carbons (Fsp3) is 0.667. The Bertz CT molecular complexity index is 381. The third-order valence-corrected chi connectivity index (χ3v) is 3.53. The molecule has 18 heavy (non-hydrogen) atoms. The Morgan fingerprint density at radius 2 is 1.89 bits per heavy atom. The minimum absolute atomic E-state index is 0.930. The summed E-state index contributed by atoms with van der Waals surface area (Å²) in [5.74, 6) is 0. The van der Waals surface area contributed by atoms with Crippen LogP contribution in [0.3, 0.4) is 0 Å². The van der Waals surface area contributed by atoms with Crippen molar-refractivity contribution in [3.63, 3.8) is 0 Å². The standard InChI is InChI=1S/C15H25N3/c1-4-13-8-9-15(14(16-13)12-17(2)3)18-10-6-5-7-11-18/h8-9H,4-7,10-12H2,1-3H3. The maximum atomic E-state index is 4.82. The molecule has 1 aromatic heterocycles. The van der Waals surface area contributed by atoms with Gasteiger partial charge in [0.2, 0.25) is 0 Å². The van der Waals surface area contributed by atoms with E-state index >= 15 is 0 Å². The van der Waals surface area contributed by atoms with Gasteiger partial charge in [-0.3, -0.25) is 4.98 Å². The third-order valence-electron chi connectivity index (χ3n) is 3.53. The number of nitrogens with zero attached hydrogens (tertiary/aromatic N) is 3. The molecule has 3 heteroatoms. The molecule has 1 fully saturated rings. The molecule has 0 aliphatic carbocycles. The van der Waals surface area contributed by atoms with E-state index in [9.17, 15) is 0 Å². The minimum atomic E-state index is 0.930. The Morgan fingerprint density at radius 3 is 2.50 bits per heavy atom. The van der Waals surface area contributed by atoms with Gasteiger partial charge in [0.05, 0.1) is 11.4 Å². The molecule has 0 amide bonds. The lowest BCUT2D eigenvalue weighted by Crippen LogP contribution is -2.31. The summed E-state index contributed by atoms with van der Waals surface area (Å²) in [4.78, 5) is 9.54. The second-order valence-electron chi connectivity index (χ2n) is 5.41. The SMILES string of the molecule is CCc1ccc(N2CCCCC2)c(CN(C)C)n1. The van der Waals surface area contributed by atoms with Crippen molar-refractivity contribution in [1.82, 2.24) is 9.88 Å². The summed E-state index contributed by atoms with van der Waals surface area (Å²) in [6.07, 6.45) is 5.02. The number of aryl methyl sites for hydroxylation is 1. The van der Waals surface area contributed by atoms with Gasteiger partial charge in [-0.1, -0.05) is 6.92 Å². The highest BCUT2D eigenvalue weighted by Crippen LogP contribution is 2.24. The van der Waals surface area contributed by atoms with E-state index in [1.807, 2.05) is 0 Å². The summed E-state index contributed by atoms with van der Waals surface area (Å²) in [6, 6.07) is 4.46. The molecule has 0 unspecified atom stereocenters. The van der Waals surface area contributed by atoms with Crippen LogP contribution in [0.15, 0.2) is 12.1 Å². The molecule has 0 atom stereocenters. The Balaban J connectivity index is 2.25. The number of anilines is 1. The van der Waals surface area contributed by atoms with Gasteiger partial charge < -0.3 is 9.80 Å². The molecule has 3 nitrogen and oxygen atoms in total. The fourth-order valence-corrected chi connectivity index (χ4v) is 2.57. The lowest BCUT2D eigenvalue weighted by molar-refractivity contribution is 0.395. The van der Waals surface area contributed by atoms with E-state index in [0.717, 1.165) is 13.0 Å². The maximum Gasteiger partial charge on any atom is 0.0779 e. The van der Waals surface area contributed by atoms with Crippen molar-refractivity contribution in [3.8, 4) is 0 Å². The van der Waals surface area contributed by atoms with Crippen LogP contribution < -0.4 is 4.90 Å². The molecule has 0 spiro atoms. The molecule has 0 aromatic carbocycles. The van der Waals surface area contributed by atoms with Gasteiger partial charge >= 0.3 is 0 Å². The smallest absolute Gasteiger partial charge is 0.0779 e. The Labute approximate surface area is 111 Å². The van der Waals surface area contributed by atoms with Crippen LogP contribution in [0.25, 0.3) is 0 Å². The van der Waals surface area contributed by atoms with E-state index in [2.05, 4.69) is 43.0 Å². The van der Waals surface area contributed by atoms with Crippen LogP contribution in [0, 0.1) is 0 Å². The zero-order chi connectivity index (χ0) is 13.0. The average molecular weight is 247 g/mol. The topological polar surface area (TPSA) is 19.4 Å². The molecule has 2 heterocycles. The summed E-state index contributed by atoms with van der Waals surface area (Å²) in [5.41, 5.74) is 3.79. The van der Waals surface area contributed by atoms with Gasteiger partial charge in [0.1, 0.15) is 0 Å². The van der Waals surface area contributed by atoms with E-state index in [4.69, 9.17) is 4.98 Å². The molecule has 0 radical (unpaired) electrons. The monoisotopic (exact) mass is 247 g/mol. The molecule has 1 aliphatic heterocycles. The maximum absolute atomic E-state index is 4.82. The van der Waals surface area contributed by atoms with Crippen molar-refractivity contribution >= 4 is 5.69 Å². The Hall–Kier alpha value is -1.09. The number of piperidine rings is 1. The van der Waals surface area contributed by atoms with Crippen LogP contribution in [-0.2, 0) is 13.0 Å². The van der Waals surface area contributed by atoms with E-state index < -0.39 is 0 Å². The molecule has 1 aliphatic rings. The quantitative estimate of drug-likeness (QED) is 0.815. The molecule has 0 N–H and O–H groups in total. The highest BCUT2D eigenvalue weighted by atomic mass is 15.2. The highest BCUT2D eigenvalue weighted by molar-refractivity contribution is 5.51. The van der Waals surface area contributed by atoms with Gasteiger partial charge in [-0.2, -0.15) is 0 Å². The Morgan fingerprint density at radius 1 is 1.17 bits per heavy atom. The Kier molecular flexibility index (Phi) is 4.59. The van der Waals surface area contributed by atoms with Crippen molar-refractivity contribution in [3.05, 3.63) is 23.5 Å². The number of aromatic nitrogens is 1. The zero-order valence-electron chi connectivity index (χ0n) is 11.9. The van der Waals surface area contributed by atoms with E-state index in [-0.39, 0.29) is 0 Å². The first-order valence-corrected chi connectivity index (χ1v) is 7.09. The molecule has 1 aromatic rings. The van der Waals surface area contributed by atoms with Gasteiger partial charge in [0.25, 0.3) is 0 Å². The van der Waals surface area contributed by atoms with Gasteiger partial charge in [0, 0.05) is 25.3 Å². The largest absolute Gasteiger partial charge is 0.370 e. The predicted octanol–water partition coefficient (Wildman–Crippen LogP) is 2.70. The van der Waals surface area contributed by atoms with Crippen LogP contribution in [0.1, 0.15) is 37.6 Å². The van der Waals surface area contributed by atoms with E-state index in [1.54, 1.807) is 0 Å². The average Bonchev–Trinajstić information content (AvgIpc) is 2.39. The van der Waals surface area contributed by atoms with Crippen LogP contribution in [0.2, 0.25) is 0 Å². The lowest BCUT2D eigenvalue weighted by atomic mass is 10.1. The molecule has 100 valence electrons. The lowest BCUT2D eigenvalue weighted by Gasteiger charge is -2.31. The summed E-state index contributed by atoms with van der Waals surface area (Å²) < 4.78 is 0. The first-order chi connectivity index (χ1) is 8.70. The van der Waals surface area contributed by atoms with Gasteiger partial charge in [-0.25, -0.2) is 0 Å². The summed E-state index contributed by atoms with van der Waals surface area (Å²) in [5, 5.41) is 0. The van der Waals surface area contributed by atoms with E-state index in [0.29, 0.717) is 0 Å². The minimum Gasteiger partial charge on any atom is -0.370 e. The van der Waals surface area contributed by atoms with E-state index in [1.165, 1.54) is 49.4 Å². The number of pyridine rings is 1. The van der Waals surface area contributed by atoms with Crippen molar-refractivity contribution in [2.24, 2.45) is 0 Å². The second-order valence-corrected chi connectivity index (χ2v) is 5.41. The first-order valence-electron chi connectivity index (χ1n) is 7.09. The molecule has 0 saturated carbocycles. The zero-order valence-corrected chi connectivity index (χ0v) is 11.9. The molecule has 2 rings (SSSR count). The second kappa shape index (κ2) is 6.19. The van der Waals surface area contributed by atoms with Gasteiger partial charge in [-0.15, -0.1) is 0 Å². The van der Waals surface area contributed by atoms with Gasteiger partial charge in [0.15, 0.2) is 0 Å². The van der Waals surface area contributed by atoms with Crippen LogP contribution >= 0.6 is 0 Å². The summed E-state index contributed by atoms with van der Waals surface area (Å²) in [7, 11) is 4.22. The fourth-order valence-electron chi connectivity index (χ4n) is 2.57. The first kappa shape index (κ1) is 13.3. The molecule has 1 saturated heterocycles. The third kappa shape index (κ3) is 3.22. The molecule has 0 bridgehead atoms. The number of hydrogen-bond donors (Lipinski definition) is 0. The molecular weight excluding hydrogens is 222 g/mol.